The summed E-state index contributed by atoms with van der Waals surface area (Å²) >= 11 is 0. The Morgan fingerprint density at radius 2 is 1.78 bits per heavy atom. The molecule has 102 valence electrons. The molecular formula is C14H24N2O2. The van der Waals surface area contributed by atoms with E-state index in [0.29, 0.717) is 12.5 Å². The van der Waals surface area contributed by atoms with Crippen molar-refractivity contribution in [2.75, 3.05) is 13.1 Å². The highest BCUT2D eigenvalue weighted by Gasteiger charge is 2.38. The van der Waals surface area contributed by atoms with Crippen LogP contribution in [0.3, 0.4) is 0 Å². The molecule has 2 aliphatic rings. The Labute approximate surface area is 109 Å². The molecule has 0 aromatic carbocycles. The van der Waals surface area contributed by atoms with E-state index in [1.54, 1.807) is 0 Å². The van der Waals surface area contributed by atoms with E-state index in [4.69, 9.17) is 0 Å². The van der Waals surface area contributed by atoms with Crippen LogP contribution in [0.4, 0.5) is 0 Å². The smallest absolute Gasteiger partial charge is 0.245 e. The predicted octanol–water partition coefficient (Wildman–Crippen LogP) is 1.79. The fraction of sp³-hybridized carbons (Fsp3) is 0.857. The van der Waals surface area contributed by atoms with Crippen molar-refractivity contribution in [3.8, 4) is 0 Å². The van der Waals surface area contributed by atoms with Crippen molar-refractivity contribution >= 4 is 11.8 Å². The van der Waals surface area contributed by atoms with Crippen molar-refractivity contribution in [2.45, 2.75) is 64.5 Å². The largest absolute Gasteiger partial charge is 0.338 e. The van der Waals surface area contributed by atoms with Crippen molar-refractivity contribution < 1.29 is 9.59 Å². The van der Waals surface area contributed by atoms with Crippen LogP contribution in [0.2, 0.25) is 0 Å². The number of nitrogens with zero attached hydrogens (tertiary/aromatic N) is 2. The Hall–Kier alpha value is -1.06. The summed E-state index contributed by atoms with van der Waals surface area (Å²) in [4.78, 5) is 28.3. The molecule has 2 atom stereocenters. The maximum atomic E-state index is 12.5. The van der Waals surface area contributed by atoms with Crippen LogP contribution in [0.1, 0.15) is 52.4 Å². The summed E-state index contributed by atoms with van der Waals surface area (Å²) < 4.78 is 0. The summed E-state index contributed by atoms with van der Waals surface area (Å²) in [6, 6.07) is 0.172. The fourth-order valence-electron chi connectivity index (χ4n) is 3.13. The third-order valence-electron chi connectivity index (χ3n) is 4.16. The maximum Gasteiger partial charge on any atom is 0.245 e. The lowest BCUT2D eigenvalue weighted by Gasteiger charge is -2.30. The summed E-state index contributed by atoms with van der Waals surface area (Å²) in [5, 5.41) is 0. The lowest BCUT2D eigenvalue weighted by atomic mass is 10.1. The number of hydrogen-bond acceptors (Lipinski definition) is 2. The molecule has 4 nitrogen and oxygen atoms in total. The van der Waals surface area contributed by atoms with Crippen LogP contribution in [-0.2, 0) is 9.59 Å². The first kappa shape index (κ1) is 13.4. The molecular weight excluding hydrogens is 228 g/mol. The van der Waals surface area contributed by atoms with Gasteiger partial charge >= 0.3 is 0 Å². The van der Waals surface area contributed by atoms with Crippen LogP contribution in [0.15, 0.2) is 0 Å². The van der Waals surface area contributed by atoms with Gasteiger partial charge in [0.25, 0.3) is 0 Å². The molecule has 2 unspecified atom stereocenters. The van der Waals surface area contributed by atoms with Gasteiger partial charge in [-0.25, -0.2) is 0 Å². The van der Waals surface area contributed by atoms with Crippen LogP contribution >= 0.6 is 0 Å². The van der Waals surface area contributed by atoms with Crippen LogP contribution in [0, 0.1) is 0 Å². The van der Waals surface area contributed by atoms with E-state index < -0.39 is 0 Å². The lowest BCUT2D eigenvalue weighted by molar-refractivity contribution is -0.144. The molecule has 0 radical (unpaired) electrons. The van der Waals surface area contributed by atoms with Gasteiger partial charge < -0.3 is 9.80 Å². The number of hydrogen-bond donors (Lipinski definition) is 0. The normalized spacial score (nSPS) is 27.9. The maximum absolute atomic E-state index is 12.5. The molecule has 0 aromatic heterocycles. The van der Waals surface area contributed by atoms with E-state index in [1.807, 2.05) is 16.7 Å². The molecule has 0 N–H and O–H groups in total. The summed E-state index contributed by atoms with van der Waals surface area (Å²) in [5.41, 5.74) is 0. The van der Waals surface area contributed by atoms with Crippen LogP contribution in [0.5, 0.6) is 0 Å². The first-order valence-corrected chi connectivity index (χ1v) is 7.25. The van der Waals surface area contributed by atoms with Gasteiger partial charge in [-0.3, -0.25) is 9.59 Å². The average Bonchev–Trinajstić information content (AvgIpc) is 2.96. The molecule has 4 heteroatoms. The van der Waals surface area contributed by atoms with E-state index in [-0.39, 0.29) is 17.9 Å². The number of likely N-dealkylation sites (tertiary alicyclic amines) is 2. The Balaban J connectivity index is 2.02. The van der Waals surface area contributed by atoms with E-state index in [2.05, 4.69) is 6.92 Å². The van der Waals surface area contributed by atoms with Gasteiger partial charge in [0.15, 0.2) is 0 Å². The topological polar surface area (TPSA) is 40.6 Å². The molecule has 2 saturated heterocycles. The Morgan fingerprint density at radius 1 is 1.11 bits per heavy atom. The number of carbonyl (C=O) groups is 2. The van der Waals surface area contributed by atoms with Gasteiger partial charge in [0.05, 0.1) is 0 Å². The highest BCUT2D eigenvalue weighted by atomic mass is 16.2. The third-order valence-corrected chi connectivity index (χ3v) is 4.16. The van der Waals surface area contributed by atoms with Gasteiger partial charge in [-0.2, -0.15) is 0 Å². The van der Waals surface area contributed by atoms with E-state index in [9.17, 15) is 9.59 Å². The van der Waals surface area contributed by atoms with Crippen LogP contribution < -0.4 is 0 Å². The zero-order chi connectivity index (χ0) is 13.1. The second-order valence-electron chi connectivity index (χ2n) is 5.52. The Kier molecular flexibility index (Phi) is 4.25. The van der Waals surface area contributed by atoms with Gasteiger partial charge in [0.1, 0.15) is 6.04 Å². The molecule has 0 aliphatic carbocycles. The van der Waals surface area contributed by atoms with Gasteiger partial charge in [-0.05, 0) is 39.0 Å². The molecule has 2 fully saturated rings. The monoisotopic (exact) mass is 252 g/mol. The van der Waals surface area contributed by atoms with Crippen molar-refractivity contribution in [2.24, 2.45) is 0 Å². The molecule has 0 aromatic rings. The van der Waals surface area contributed by atoms with Gasteiger partial charge in [-0.15, -0.1) is 0 Å². The summed E-state index contributed by atoms with van der Waals surface area (Å²) in [6.45, 7) is 5.75. The Bertz CT molecular complexity index is 330. The van der Waals surface area contributed by atoms with Crippen LogP contribution in [-0.4, -0.2) is 46.8 Å². The molecule has 2 heterocycles. The number of carbonyl (C=O) groups excluding carboxylic acids is 2. The van der Waals surface area contributed by atoms with Gasteiger partial charge in [0.2, 0.25) is 11.8 Å². The number of rotatable bonds is 3. The summed E-state index contributed by atoms with van der Waals surface area (Å²) in [7, 11) is 0. The van der Waals surface area contributed by atoms with Crippen molar-refractivity contribution in [3.05, 3.63) is 0 Å². The zero-order valence-electron chi connectivity index (χ0n) is 11.5. The minimum Gasteiger partial charge on any atom is -0.338 e. The fourth-order valence-corrected chi connectivity index (χ4v) is 3.13. The summed E-state index contributed by atoms with van der Waals surface area (Å²) in [6.07, 6.45) is 5.44. The third kappa shape index (κ3) is 2.52. The van der Waals surface area contributed by atoms with E-state index >= 15 is 0 Å². The standard InChI is InChI=1S/C14H24N2O2/c1-3-6-13(17)16-10-5-8-12(16)14(18)15-9-4-7-11(15)2/h11-12H,3-10H2,1-2H3. The van der Waals surface area contributed by atoms with E-state index in [0.717, 1.165) is 45.2 Å². The number of amides is 2. The molecule has 0 bridgehead atoms. The molecule has 0 saturated carbocycles. The lowest BCUT2D eigenvalue weighted by Crippen LogP contribution is -2.48. The van der Waals surface area contributed by atoms with Crippen LogP contribution in [0.25, 0.3) is 0 Å². The zero-order valence-corrected chi connectivity index (χ0v) is 11.5. The SMILES string of the molecule is CCCC(=O)N1CCCC1C(=O)N1CCCC1C. The van der Waals surface area contributed by atoms with E-state index in [1.165, 1.54) is 0 Å². The Morgan fingerprint density at radius 3 is 2.39 bits per heavy atom. The average molecular weight is 252 g/mol. The predicted molar refractivity (Wildman–Crippen MR) is 70.1 cm³/mol. The van der Waals surface area contributed by atoms with Crippen molar-refractivity contribution in [1.29, 1.82) is 0 Å². The second-order valence-corrected chi connectivity index (χ2v) is 5.52. The molecule has 2 aliphatic heterocycles. The minimum atomic E-state index is -0.176. The highest BCUT2D eigenvalue weighted by molar-refractivity contribution is 5.88. The van der Waals surface area contributed by atoms with Crippen molar-refractivity contribution in [1.82, 2.24) is 9.80 Å². The van der Waals surface area contributed by atoms with Gasteiger partial charge in [-0.1, -0.05) is 6.92 Å². The molecule has 2 amide bonds. The highest BCUT2D eigenvalue weighted by Crippen LogP contribution is 2.25. The molecule has 18 heavy (non-hydrogen) atoms. The van der Waals surface area contributed by atoms with Crippen molar-refractivity contribution in [3.63, 3.8) is 0 Å². The van der Waals surface area contributed by atoms with Gasteiger partial charge in [0, 0.05) is 25.6 Å². The second kappa shape index (κ2) is 5.72. The first-order valence-electron chi connectivity index (χ1n) is 7.25. The quantitative estimate of drug-likeness (QED) is 0.768. The first-order chi connectivity index (χ1) is 8.65. The molecule has 0 spiro atoms. The summed E-state index contributed by atoms with van der Waals surface area (Å²) in [5.74, 6) is 0.335. The molecule has 2 rings (SSSR count). The minimum absolute atomic E-state index is 0.153.